The smallest absolute Gasteiger partial charge is 0.137 e. The molecule has 0 amide bonds. The first-order valence-corrected chi connectivity index (χ1v) is 3.90. The molecular weight excluding hydrogens is 140 g/mol. The minimum atomic E-state index is 0.0289. The molecule has 0 saturated heterocycles. The fourth-order valence-electron chi connectivity index (χ4n) is 1.34. The predicted octanol–water partition coefficient (Wildman–Crippen LogP) is 1.13. The van der Waals surface area contributed by atoms with Crippen molar-refractivity contribution >= 4 is 0 Å². The first-order chi connectivity index (χ1) is 5.29. The Hall–Kier alpha value is -0.960. The molecule has 3 heteroatoms. The molecule has 1 fully saturated rings. The van der Waals surface area contributed by atoms with Gasteiger partial charge in [-0.25, -0.2) is 0 Å². The van der Waals surface area contributed by atoms with Crippen LogP contribution in [0.1, 0.15) is 24.4 Å². The molecule has 1 aliphatic carbocycles. The highest BCUT2D eigenvalue weighted by atomic mass is 16.3. The molecule has 11 heavy (non-hydrogen) atoms. The number of nitrogens with one attached hydrogen (secondary N) is 1. The summed E-state index contributed by atoms with van der Waals surface area (Å²) in [4.78, 5) is 2.83. The van der Waals surface area contributed by atoms with Crippen LogP contribution in [0.5, 0.6) is 5.75 Å². The van der Waals surface area contributed by atoms with Gasteiger partial charge in [-0.05, 0) is 18.8 Å². The first-order valence-electron chi connectivity index (χ1n) is 3.90. The van der Waals surface area contributed by atoms with E-state index in [1.54, 1.807) is 12.4 Å². The molecule has 0 aliphatic heterocycles. The maximum absolute atomic E-state index is 9.29. The Morgan fingerprint density at radius 2 is 2.27 bits per heavy atom. The summed E-state index contributed by atoms with van der Waals surface area (Å²) in [5, 5.41) is 9.29. The van der Waals surface area contributed by atoms with Gasteiger partial charge in [-0.1, -0.05) is 0 Å². The van der Waals surface area contributed by atoms with Gasteiger partial charge in [-0.3, -0.25) is 0 Å². The van der Waals surface area contributed by atoms with Crippen LogP contribution < -0.4 is 5.73 Å². The van der Waals surface area contributed by atoms with E-state index in [9.17, 15) is 5.11 Å². The summed E-state index contributed by atoms with van der Waals surface area (Å²) in [6.45, 7) is 0. The summed E-state index contributed by atoms with van der Waals surface area (Å²) in [5.74, 6) is 0.890. The lowest BCUT2D eigenvalue weighted by Crippen LogP contribution is -2.11. The summed E-state index contributed by atoms with van der Waals surface area (Å²) in [6.07, 6.45) is 5.74. The lowest BCUT2D eigenvalue weighted by molar-refractivity contribution is 0.459. The predicted molar refractivity (Wildman–Crippen MR) is 42.1 cm³/mol. The van der Waals surface area contributed by atoms with Gasteiger partial charge in [0.2, 0.25) is 0 Å². The van der Waals surface area contributed by atoms with Crippen molar-refractivity contribution in [3.8, 4) is 5.75 Å². The molecule has 1 heterocycles. The summed E-state index contributed by atoms with van der Waals surface area (Å²) in [7, 11) is 0. The van der Waals surface area contributed by atoms with Crippen molar-refractivity contribution in [3.63, 3.8) is 0 Å². The van der Waals surface area contributed by atoms with Crippen molar-refractivity contribution in [1.29, 1.82) is 0 Å². The zero-order valence-corrected chi connectivity index (χ0v) is 6.25. The van der Waals surface area contributed by atoms with Crippen molar-refractivity contribution in [2.24, 2.45) is 11.7 Å². The summed E-state index contributed by atoms with van der Waals surface area (Å²) >= 11 is 0. The normalized spacial score (nSPS) is 20.1. The fourth-order valence-corrected chi connectivity index (χ4v) is 1.34. The number of hydrogen-bond acceptors (Lipinski definition) is 2. The van der Waals surface area contributed by atoms with E-state index in [0.717, 1.165) is 5.56 Å². The standard InChI is InChI=1S/C8H12N2O/c9-8(5-1-2-5)6-3-10-4-7(6)11/h3-5,8,10-11H,1-2,9H2/t8-/m0/s1. The Labute approximate surface area is 65.2 Å². The third-order valence-electron chi connectivity index (χ3n) is 2.24. The second-order valence-corrected chi connectivity index (χ2v) is 3.16. The van der Waals surface area contributed by atoms with E-state index >= 15 is 0 Å². The van der Waals surface area contributed by atoms with Gasteiger partial charge in [0.15, 0.2) is 0 Å². The van der Waals surface area contributed by atoms with Gasteiger partial charge in [-0.2, -0.15) is 0 Å². The lowest BCUT2D eigenvalue weighted by Gasteiger charge is -2.07. The largest absolute Gasteiger partial charge is 0.506 e. The van der Waals surface area contributed by atoms with E-state index in [1.807, 2.05) is 0 Å². The SMILES string of the molecule is N[C@H](c1c[nH]cc1O)C1CC1. The second kappa shape index (κ2) is 2.27. The van der Waals surface area contributed by atoms with Gasteiger partial charge in [0.1, 0.15) is 5.75 Å². The molecule has 0 unspecified atom stereocenters. The van der Waals surface area contributed by atoms with Crippen LogP contribution in [0, 0.1) is 5.92 Å². The molecule has 0 aromatic carbocycles. The minimum absolute atomic E-state index is 0.0289. The van der Waals surface area contributed by atoms with E-state index < -0.39 is 0 Å². The molecule has 1 aromatic rings. The van der Waals surface area contributed by atoms with Crippen LogP contribution in [-0.2, 0) is 0 Å². The Balaban J connectivity index is 2.20. The molecule has 3 nitrogen and oxygen atoms in total. The zero-order chi connectivity index (χ0) is 7.84. The third kappa shape index (κ3) is 1.12. The van der Waals surface area contributed by atoms with Crippen molar-refractivity contribution in [2.75, 3.05) is 0 Å². The van der Waals surface area contributed by atoms with Gasteiger partial charge in [-0.15, -0.1) is 0 Å². The molecule has 1 aromatic heterocycles. The summed E-state index contributed by atoms with van der Waals surface area (Å²) in [6, 6.07) is 0.0289. The summed E-state index contributed by atoms with van der Waals surface area (Å²) in [5.41, 5.74) is 6.72. The molecule has 4 N–H and O–H groups in total. The minimum Gasteiger partial charge on any atom is -0.506 e. The lowest BCUT2D eigenvalue weighted by atomic mass is 10.1. The molecule has 0 bridgehead atoms. The third-order valence-corrected chi connectivity index (χ3v) is 2.24. The van der Waals surface area contributed by atoms with E-state index in [1.165, 1.54) is 12.8 Å². The Bertz CT molecular complexity index is 252. The second-order valence-electron chi connectivity index (χ2n) is 3.16. The van der Waals surface area contributed by atoms with E-state index in [0.29, 0.717) is 11.7 Å². The number of aromatic hydroxyl groups is 1. The van der Waals surface area contributed by atoms with Crippen LogP contribution in [0.2, 0.25) is 0 Å². The van der Waals surface area contributed by atoms with Crippen LogP contribution in [-0.4, -0.2) is 10.1 Å². The van der Waals surface area contributed by atoms with Gasteiger partial charge < -0.3 is 15.8 Å². The van der Waals surface area contributed by atoms with Gasteiger partial charge >= 0.3 is 0 Å². The first kappa shape index (κ1) is 6.73. The van der Waals surface area contributed by atoms with Gasteiger partial charge in [0.05, 0.1) is 0 Å². The average Bonchev–Trinajstić information content (AvgIpc) is 2.74. The van der Waals surface area contributed by atoms with Crippen molar-refractivity contribution in [1.82, 2.24) is 4.98 Å². The fraction of sp³-hybridized carbons (Fsp3) is 0.500. The quantitative estimate of drug-likeness (QED) is 0.594. The molecule has 0 spiro atoms. The molecule has 2 rings (SSSR count). The number of hydrogen-bond donors (Lipinski definition) is 3. The highest BCUT2D eigenvalue weighted by Crippen LogP contribution is 2.41. The average molecular weight is 152 g/mol. The maximum Gasteiger partial charge on any atom is 0.137 e. The highest BCUT2D eigenvalue weighted by molar-refractivity contribution is 5.32. The number of H-pyrrole nitrogens is 1. The molecule has 60 valence electrons. The molecule has 1 atom stereocenters. The van der Waals surface area contributed by atoms with Crippen molar-refractivity contribution < 1.29 is 5.11 Å². The monoisotopic (exact) mass is 152 g/mol. The number of aromatic amines is 1. The van der Waals surface area contributed by atoms with E-state index in [2.05, 4.69) is 4.98 Å². The van der Waals surface area contributed by atoms with Crippen LogP contribution in [0.3, 0.4) is 0 Å². The molecule has 1 saturated carbocycles. The molecule has 1 aliphatic rings. The van der Waals surface area contributed by atoms with Crippen LogP contribution in [0.25, 0.3) is 0 Å². The zero-order valence-electron chi connectivity index (χ0n) is 6.25. The number of rotatable bonds is 2. The molecule has 0 radical (unpaired) electrons. The number of aromatic nitrogens is 1. The molecular formula is C8H12N2O. The van der Waals surface area contributed by atoms with Gasteiger partial charge in [0, 0.05) is 24.0 Å². The van der Waals surface area contributed by atoms with E-state index in [-0.39, 0.29) is 6.04 Å². The highest BCUT2D eigenvalue weighted by Gasteiger charge is 2.31. The van der Waals surface area contributed by atoms with Crippen LogP contribution in [0.4, 0.5) is 0 Å². The Kier molecular flexibility index (Phi) is 1.39. The van der Waals surface area contributed by atoms with Crippen molar-refractivity contribution in [2.45, 2.75) is 18.9 Å². The Morgan fingerprint density at radius 3 is 2.73 bits per heavy atom. The summed E-state index contributed by atoms with van der Waals surface area (Å²) < 4.78 is 0. The Morgan fingerprint density at radius 1 is 1.55 bits per heavy atom. The van der Waals surface area contributed by atoms with E-state index in [4.69, 9.17) is 5.73 Å². The maximum atomic E-state index is 9.29. The topological polar surface area (TPSA) is 62.0 Å². The van der Waals surface area contributed by atoms with Crippen LogP contribution in [0.15, 0.2) is 12.4 Å². The van der Waals surface area contributed by atoms with Crippen LogP contribution >= 0.6 is 0 Å². The number of nitrogens with two attached hydrogens (primary N) is 1. The van der Waals surface area contributed by atoms with Crippen molar-refractivity contribution in [3.05, 3.63) is 18.0 Å². The van der Waals surface area contributed by atoms with Gasteiger partial charge in [0.25, 0.3) is 0 Å².